The molecule has 70 valence electrons. The van der Waals surface area contributed by atoms with Crippen molar-refractivity contribution in [1.82, 2.24) is 5.06 Å². The van der Waals surface area contributed by atoms with E-state index in [0.717, 1.165) is 13.0 Å². The third-order valence-electron chi connectivity index (χ3n) is 1.62. The summed E-state index contributed by atoms with van der Waals surface area (Å²) in [5.74, 6) is 0.283. The van der Waals surface area contributed by atoms with E-state index in [4.69, 9.17) is 4.84 Å². The molecule has 3 nitrogen and oxygen atoms in total. The van der Waals surface area contributed by atoms with Crippen molar-refractivity contribution in [3.63, 3.8) is 0 Å². The largest absolute Gasteiger partial charge is 0.298 e. The summed E-state index contributed by atoms with van der Waals surface area (Å²) in [6, 6.07) is 0. The Bertz CT molecular complexity index is 172. The van der Waals surface area contributed by atoms with Gasteiger partial charge in [0, 0.05) is 13.0 Å². The standard InChI is InChI=1S/C9H17NO2/c1-9(2,3)12-10-6-4-5-8(11)7-10/h4-7H2,1-3H3. The number of nitrogens with zero attached hydrogens (tertiary/aromatic N) is 1. The molecule has 0 aliphatic carbocycles. The van der Waals surface area contributed by atoms with E-state index in [1.54, 1.807) is 5.06 Å². The Kier molecular flexibility index (Phi) is 2.85. The summed E-state index contributed by atoms with van der Waals surface area (Å²) in [5.41, 5.74) is -0.183. The minimum atomic E-state index is -0.183. The molecule has 1 aliphatic rings. The fraction of sp³-hybridized carbons (Fsp3) is 0.889. The van der Waals surface area contributed by atoms with Crippen molar-refractivity contribution >= 4 is 5.78 Å². The van der Waals surface area contributed by atoms with Crippen molar-refractivity contribution in [3.05, 3.63) is 0 Å². The molecule has 1 fully saturated rings. The van der Waals surface area contributed by atoms with Gasteiger partial charge in [-0.3, -0.25) is 9.63 Å². The maximum atomic E-state index is 11.0. The van der Waals surface area contributed by atoms with Crippen LogP contribution in [0.1, 0.15) is 33.6 Å². The zero-order valence-corrected chi connectivity index (χ0v) is 8.09. The zero-order chi connectivity index (χ0) is 9.19. The van der Waals surface area contributed by atoms with Crippen LogP contribution in [0.4, 0.5) is 0 Å². The van der Waals surface area contributed by atoms with E-state index in [1.807, 2.05) is 20.8 Å². The number of hydrogen-bond acceptors (Lipinski definition) is 3. The summed E-state index contributed by atoms with van der Waals surface area (Å²) in [7, 11) is 0. The van der Waals surface area contributed by atoms with Crippen molar-refractivity contribution < 1.29 is 9.63 Å². The van der Waals surface area contributed by atoms with Crippen LogP contribution in [0.2, 0.25) is 0 Å². The fourth-order valence-electron chi connectivity index (χ4n) is 1.27. The second kappa shape index (κ2) is 3.54. The monoisotopic (exact) mass is 171 g/mol. The zero-order valence-electron chi connectivity index (χ0n) is 8.09. The van der Waals surface area contributed by atoms with Gasteiger partial charge in [0.15, 0.2) is 0 Å². The third kappa shape index (κ3) is 3.32. The lowest BCUT2D eigenvalue weighted by Gasteiger charge is -2.31. The highest BCUT2D eigenvalue weighted by molar-refractivity contribution is 5.80. The second-order valence-corrected chi connectivity index (χ2v) is 4.21. The van der Waals surface area contributed by atoms with Crippen LogP contribution in [-0.4, -0.2) is 29.5 Å². The molecule has 3 heteroatoms. The van der Waals surface area contributed by atoms with Gasteiger partial charge in [-0.15, -0.1) is 0 Å². The van der Waals surface area contributed by atoms with Crippen molar-refractivity contribution in [1.29, 1.82) is 0 Å². The molecule has 0 aromatic rings. The number of rotatable bonds is 1. The highest BCUT2D eigenvalue weighted by atomic mass is 16.7. The van der Waals surface area contributed by atoms with Gasteiger partial charge in [0.25, 0.3) is 0 Å². The number of carbonyl (C=O) groups is 1. The summed E-state index contributed by atoms with van der Waals surface area (Å²) in [4.78, 5) is 16.6. The van der Waals surface area contributed by atoms with Crippen LogP contribution in [0.3, 0.4) is 0 Å². The van der Waals surface area contributed by atoms with Gasteiger partial charge in [-0.2, -0.15) is 5.06 Å². The molecule has 0 aromatic carbocycles. The number of hydrogen-bond donors (Lipinski definition) is 0. The first-order valence-corrected chi connectivity index (χ1v) is 4.43. The Hall–Kier alpha value is -0.410. The number of piperidine rings is 1. The Morgan fingerprint density at radius 1 is 1.42 bits per heavy atom. The van der Waals surface area contributed by atoms with Gasteiger partial charge in [0.05, 0.1) is 12.1 Å². The first-order chi connectivity index (χ1) is 5.47. The molecule has 0 N–H and O–H groups in total. The summed E-state index contributed by atoms with van der Waals surface area (Å²) in [5, 5.41) is 1.77. The molecule has 0 radical (unpaired) electrons. The molecule has 0 atom stereocenters. The number of carbonyl (C=O) groups excluding carboxylic acids is 1. The molecule has 1 aliphatic heterocycles. The maximum Gasteiger partial charge on any atom is 0.149 e. The van der Waals surface area contributed by atoms with Crippen LogP contribution in [0, 0.1) is 0 Å². The van der Waals surface area contributed by atoms with Gasteiger partial charge in [0.2, 0.25) is 0 Å². The Labute approximate surface area is 73.6 Å². The van der Waals surface area contributed by atoms with E-state index in [-0.39, 0.29) is 11.4 Å². The topological polar surface area (TPSA) is 29.5 Å². The Balaban J connectivity index is 2.37. The first-order valence-electron chi connectivity index (χ1n) is 4.43. The molecule has 0 saturated carbocycles. The Morgan fingerprint density at radius 2 is 2.08 bits per heavy atom. The van der Waals surface area contributed by atoms with E-state index in [1.165, 1.54) is 0 Å². The minimum Gasteiger partial charge on any atom is -0.298 e. The highest BCUT2D eigenvalue weighted by Crippen LogP contribution is 2.14. The molecule has 1 saturated heterocycles. The maximum absolute atomic E-state index is 11.0. The van der Waals surface area contributed by atoms with Crippen LogP contribution in [0.25, 0.3) is 0 Å². The number of ketones is 1. The normalized spacial score (nSPS) is 21.4. The van der Waals surface area contributed by atoms with Crippen LogP contribution in [0.15, 0.2) is 0 Å². The summed E-state index contributed by atoms with van der Waals surface area (Å²) in [6.45, 7) is 7.31. The average Bonchev–Trinajstić information content (AvgIpc) is 1.82. The molecule has 12 heavy (non-hydrogen) atoms. The molecular weight excluding hydrogens is 154 g/mol. The van der Waals surface area contributed by atoms with Crippen LogP contribution in [-0.2, 0) is 9.63 Å². The quantitative estimate of drug-likeness (QED) is 0.597. The molecule has 0 bridgehead atoms. The Morgan fingerprint density at radius 3 is 2.58 bits per heavy atom. The minimum absolute atomic E-state index is 0.183. The molecule has 1 heterocycles. The van der Waals surface area contributed by atoms with Gasteiger partial charge < -0.3 is 0 Å². The third-order valence-corrected chi connectivity index (χ3v) is 1.62. The highest BCUT2D eigenvalue weighted by Gasteiger charge is 2.22. The smallest absolute Gasteiger partial charge is 0.149 e. The predicted molar refractivity (Wildman–Crippen MR) is 46.7 cm³/mol. The second-order valence-electron chi connectivity index (χ2n) is 4.21. The van der Waals surface area contributed by atoms with Gasteiger partial charge in [-0.1, -0.05) is 0 Å². The van der Waals surface area contributed by atoms with Crippen molar-refractivity contribution in [3.8, 4) is 0 Å². The summed E-state index contributed by atoms with van der Waals surface area (Å²) >= 11 is 0. The van der Waals surface area contributed by atoms with Gasteiger partial charge >= 0.3 is 0 Å². The van der Waals surface area contributed by atoms with Crippen molar-refractivity contribution in [2.24, 2.45) is 0 Å². The van der Waals surface area contributed by atoms with Crippen LogP contribution >= 0.6 is 0 Å². The first kappa shape index (κ1) is 9.68. The van der Waals surface area contributed by atoms with E-state index < -0.39 is 0 Å². The molecule has 0 amide bonds. The lowest BCUT2D eigenvalue weighted by atomic mass is 10.1. The molecule has 0 aromatic heterocycles. The SMILES string of the molecule is CC(C)(C)ON1CCCC(=O)C1. The van der Waals surface area contributed by atoms with Gasteiger partial charge in [-0.05, 0) is 27.2 Å². The summed E-state index contributed by atoms with van der Waals surface area (Å²) < 4.78 is 0. The average molecular weight is 171 g/mol. The number of Topliss-reactive ketones (excluding diaryl/α,β-unsaturated/α-hetero) is 1. The molecular formula is C9H17NO2. The van der Waals surface area contributed by atoms with E-state index in [9.17, 15) is 4.79 Å². The lowest BCUT2D eigenvalue weighted by molar-refractivity contribution is -0.231. The summed E-state index contributed by atoms with van der Waals surface area (Å²) in [6.07, 6.45) is 1.64. The molecule has 1 rings (SSSR count). The van der Waals surface area contributed by atoms with E-state index in [0.29, 0.717) is 13.0 Å². The van der Waals surface area contributed by atoms with E-state index in [2.05, 4.69) is 0 Å². The van der Waals surface area contributed by atoms with Crippen molar-refractivity contribution in [2.45, 2.75) is 39.2 Å². The van der Waals surface area contributed by atoms with Gasteiger partial charge in [-0.25, -0.2) is 0 Å². The van der Waals surface area contributed by atoms with Gasteiger partial charge in [0.1, 0.15) is 5.78 Å². The van der Waals surface area contributed by atoms with E-state index >= 15 is 0 Å². The molecule has 0 spiro atoms. The fourth-order valence-corrected chi connectivity index (χ4v) is 1.27. The number of hydroxylamine groups is 2. The molecule has 0 unspecified atom stereocenters. The predicted octanol–water partition coefficient (Wildman–Crippen LogP) is 1.38. The lowest BCUT2D eigenvalue weighted by Crippen LogP contribution is -2.40. The van der Waals surface area contributed by atoms with Crippen LogP contribution in [0.5, 0.6) is 0 Å². The van der Waals surface area contributed by atoms with Crippen molar-refractivity contribution in [2.75, 3.05) is 13.1 Å². The van der Waals surface area contributed by atoms with Crippen LogP contribution < -0.4 is 0 Å².